The minimum Gasteiger partial charge on any atom is -0.504 e. The van der Waals surface area contributed by atoms with Crippen molar-refractivity contribution < 1.29 is 39.4 Å². The fraction of sp³-hybridized carbons (Fsp3) is 0.381. The Hall–Kier alpha value is -2.97. The maximum atomic E-state index is 12.5. The zero-order chi connectivity index (χ0) is 21.6. The van der Waals surface area contributed by atoms with E-state index in [0.29, 0.717) is 11.1 Å². The first-order chi connectivity index (χ1) is 13.9. The molecule has 8 nitrogen and oxygen atoms in total. The number of aromatic hydroxyl groups is 2. The van der Waals surface area contributed by atoms with Crippen molar-refractivity contribution >= 4 is 5.97 Å². The van der Waals surface area contributed by atoms with E-state index in [-0.39, 0.29) is 29.4 Å². The molecule has 0 radical (unpaired) electrons. The van der Waals surface area contributed by atoms with Crippen molar-refractivity contribution in [3.63, 3.8) is 0 Å². The highest BCUT2D eigenvalue weighted by molar-refractivity contribution is 5.74. The molecule has 4 N–H and O–H groups in total. The molecule has 158 valence electrons. The van der Waals surface area contributed by atoms with Crippen molar-refractivity contribution in [1.82, 2.24) is 0 Å². The Bertz CT molecular complexity index is 835. The van der Waals surface area contributed by atoms with E-state index in [9.17, 15) is 25.2 Å². The van der Waals surface area contributed by atoms with Gasteiger partial charge in [0.2, 0.25) is 0 Å². The number of aliphatic hydroxyl groups excluding tert-OH is 2. The van der Waals surface area contributed by atoms with Crippen LogP contribution in [0, 0.1) is 11.8 Å². The molecule has 0 saturated carbocycles. The Morgan fingerprint density at radius 2 is 1.55 bits per heavy atom. The van der Waals surface area contributed by atoms with E-state index in [0.717, 1.165) is 0 Å². The van der Waals surface area contributed by atoms with Gasteiger partial charge in [0, 0.05) is 12.5 Å². The lowest BCUT2D eigenvalue weighted by atomic mass is 9.81. The Labute approximate surface area is 168 Å². The van der Waals surface area contributed by atoms with Crippen molar-refractivity contribution in [2.24, 2.45) is 11.8 Å². The molecule has 3 atom stereocenters. The predicted molar refractivity (Wildman–Crippen MR) is 104 cm³/mol. The molecular weight excluding hydrogens is 380 g/mol. The number of carbonyl (C=O) groups excluding carboxylic acids is 1. The van der Waals surface area contributed by atoms with Gasteiger partial charge in [-0.1, -0.05) is 12.1 Å². The summed E-state index contributed by atoms with van der Waals surface area (Å²) in [5, 5.41) is 40.4. The Balaban J connectivity index is 2.37. The Morgan fingerprint density at radius 3 is 2.10 bits per heavy atom. The number of benzene rings is 2. The molecule has 2 aromatic rings. The zero-order valence-corrected chi connectivity index (χ0v) is 16.5. The summed E-state index contributed by atoms with van der Waals surface area (Å²) in [5.41, 5.74) is 1.03. The first kappa shape index (κ1) is 22.3. The lowest BCUT2D eigenvalue weighted by Gasteiger charge is -2.28. The third-order valence-electron chi connectivity index (χ3n) is 4.84. The van der Waals surface area contributed by atoms with Crippen molar-refractivity contribution in [1.29, 1.82) is 0 Å². The maximum Gasteiger partial charge on any atom is 0.312 e. The van der Waals surface area contributed by atoms with Crippen LogP contribution in [0.15, 0.2) is 36.4 Å². The lowest BCUT2D eigenvalue weighted by molar-refractivity contribution is -0.153. The zero-order valence-electron chi connectivity index (χ0n) is 16.5. The van der Waals surface area contributed by atoms with Crippen molar-refractivity contribution in [2.45, 2.75) is 12.5 Å². The molecule has 2 aromatic carbocycles. The van der Waals surface area contributed by atoms with Crippen LogP contribution in [0.2, 0.25) is 0 Å². The highest BCUT2D eigenvalue weighted by atomic mass is 16.5. The summed E-state index contributed by atoms with van der Waals surface area (Å²) in [6, 6.07) is 8.94. The number of carbonyl (C=O) groups is 1. The summed E-state index contributed by atoms with van der Waals surface area (Å²) in [4.78, 5) is 12.5. The van der Waals surface area contributed by atoms with Crippen molar-refractivity contribution in [3.8, 4) is 23.0 Å². The molecule has 0 aliphatic rings. The Kier molecular flexibility index (Phi) is 7.69. The summed E-state index contributed by atoms with van der Waals surface area (Å²) >= 11 is 0. The number of esters is 1. The second kappa shape index (κ2) is 9.99. The molecule has 0 aliphatic heterocycles. The highest BCUT2D eigenvalue weighted by Crippen LogP contribution is 2.36. The van der Waals surface area contributed by atoms with Crippen LogP contribution in [0.3, 0.4) is 0 Å². The molecule has 0 unspecified atom stereocenters. The summed E-state index contributed by atoms with van der Waals surface area (Å²) in [5.74, 6) is -2.18. The van der Waals surface area contributed by atoms with Crippen LogP contribution < -0.4 is 9.47 Å². The number of hydrogen-bond acceptors (Lipinski definition) is 8. The van der Waals surface area contributed by atoms with Gasteiger partial charge in [0.05, 0.1) is 33.4 Å². The van der Waals surface area contributed by atoms with Crippen molar-refractivity contribution in [3.05, 3.63) is 47.5 Å². The molecule has 0 spiro atoms. The standard InChI is InChI=1S/C21H26O8/c1-27-17-9-12(4-6-15(17)23)8-14(11-22)19(21(26)29-3)20(25)13-5-7-16(24)18(10-13)28-2/h4-7,9-10,14,19-20,22-25H,8,11H2,1-3H3/t14-,19-,20-/m1/s1. The molecule has 0 aliphatic carbocycles. The largest absolute Gasteiger partial charge is 0.504 e. The molecule has 8 heteroatoms. The summed E-state index contributed by atoms with van der Waals surface area (Å²) in [7, 11) is 4.00. The van der Waals surface area contributed by atoms with Gasteiger partial charge in [-0.05, 0) is 41.8 Å². The minimum absolute atomic E-state index is 0.0301. The molecule has 0 saturated heterocycles. The van der Waals surface area contributed by atoms with Crippen LogP contribution in [0.4, 0.5) is 0 Å². The van der Waals surface area contributed by atoms with E-state index in [1.54, 1.807) is 12.1 Å². The van der Waals surface area contributed by atoms with Gasteiger partial charge in [0.1, 0.15) is 0 Å². The average Bonchev–Trinajstić information content (AvgIpc) is 2.74. The topological polar surface area (TPSA) is 126 Å². The van der Waals surface area contributed by atoms with Crippen LogP contribution in [-0.4, -0.2) is 54.3 Å². The van der Waals surface area contributed by atoms with E-state index >= 15 is 0 Å². The van der Waals surface area contributed by atoms with Gasteiger partial charge in [-0.3, -0.25) is 4.79 Å². The maximum absolute atomic E-state index is 12.5. The number of phenols is 2. The van der Waals surface area contributed by atoms with Crippen LogP contribution in [0.25, 0.3) is 0 Å². The summed E-state index contributed by atoms with van der Waals surface area (Å²) in [6.45, 7) is -0.394. The summed E-state index contributed by atoms with van der Waals surface area (Å²) < 4.78 is 15.0. The van der Waals surface area contributed by atoms with E-state index in [2.05, 4.69) is 0 Å². The molecule has 2 rings (SSSR count). The van der Waals surface area contributed by atoms with Crippen LogP contribution in [0.1, 0.15) is 17.2 Å². The minimum atomic E-state index is -1.31. The van der Waals surface area contributed by atoms with Gasteiger partial charge in [-0.15, -0.1) is 0 Å². The monoisotopic (exact) mass is 406 g/mol. The molecule has 0 aromatic heterocycles. The van der Waals surface area contributed by atoms with Gasteiger partial charge in [-0.2, -0.15) is 0 Å². The number of hydrogen-bond donors (Lipinski definition) is 4. The number of rotatable bonds is 9. The van der Waals surface area contributed by atoms with Crippen LogP contribution in [0.5, 0.6) is 23.0 Å². The second-order valence-corrected chi connectivity index (χ2v) is 6.58. The van der Waals surface area contributed by atoms with E-state index in [1.807, 2.05) is 0 Å². The van der Waals surface area contributed by atoms with Crippen LogP contribution in [-0.2, 0) is 16.0 Å². The third kappa shape index (κ3) is 5.10. The van der Waals surface area contributed by atoms with Crippen LogP contribution >= 0.6 is 0 Å². The SMILES string of the molecule is COC(=O)[C@H]([C@@H](CO)Cc1ccc(O)c(OC)c1)[C@H](O)c1ccc(O)c(OC)c1. The fourth-order valence-electron chi connectivity index (χ4n) is 3.26. The van der Waals surface area contributed by atoms with Gasteiger partial charge >= 0.3 is 5.97 Å². The first-order valence-electron chi connectivity index (χ1n) is 8.95. The fourth-order valence-corrected chi connectivity index (χ4v) is 3.26. The number of phenolic OH excluding ortho intramolecular Hbond substituents is 2. The number of ether oxygens (including phenoxy) is 3. The number of aliphatic hydroxyl groups is 2. The smallest absolute Gasteiger partial charge is 0.312 e. The Morgan fingerprint density at radius 1 is 0.966 bits per heavy atom. The molecular formula is C21H26O8. The van der Waals surface area contributed by atoms with Crippen molar-refractivity contribution in [2.75, 3.05) is 27.9 Å². The highest BCUT2D eigenvalue weighted by Gasteiger charge is 2.36. The van der Waals surface area contributed by atoms with Gasteiger partial charge < -0.3 is 34.6 Å². The third-order valence-corrected chi connectivity index (χ3v) is 4.84. The molecule has 0 fully saturated rings. The second-order valence-electron chi connectivity index (χ2n) is 6.58. The molecule has 29 heavy (non-hydrogen) atoms. The van der Waals surface area contributed by atoms with E-state index in [4.69, 9.17) is 14.2 Å². The predicted octanol–water partition coefficient (Wildman–Crippen LogP) is 1.79. The van der Waals surface area contributed by atoms with E-state index < -0.39 is 30.5 Å². The normalized spacial score (nSPS) is 14.0. The quantitative estimate of drug-likeness (QED) is 0.465. The number of methoxy groups -OCH3 is 3. The average molecular weight is 406 g/mol. The molecule has 0 heterocycles. The summed E-state index contributed by atoms with van der Waals surface area (Å²) in [6.07, 6.45) is -1.09. The van der Waals surface area contributed by atoms with Gasteiger partial charge in [0.25, 0.3) is 0 Å². The van der Waals surface area contributed by atoms with Gasteiger partial charge in [-0.25, -0.2) is 0 Å². The van der Waals surface area contributed by atoms with Gasteiger partial charge in [0.15, 0.2) is 23.0 Å². The molecule has 0 bridgehead atoms. The lowest BCUT2D eigenvalue weighted by Crippen LogP contribution is -2.34. The van der Waals surface area contributed by atoms with E-state index in [1.165, 1.54) is 45.6 Å². The first-order valence-corrected chi connectivity index (χ1v) is 8.95. The molecule has 0 amide bonds.